The Bertz CT molecular complexity index is 534. The molecule has 0 N–H and O–H groups in total. The van der Waals surface area contributed by atoms with Crippen molar-refractivity contribution in [2.45, 2.75) is 24.0 Å². The molecule has 2 aromatic rings. The average Bonchev–Trinajstić information content (AvgIpc) is 2.41. The van der Waals surface area contributed by atoms with Crippen molar-refractivity contribution in [3.05, 3.63) is 50.6 Å². The Kier molecular flexibility index (Phi) is 5.26. The van der Waals surface area contributed by atoms with Gasteiger partial charge in [0.1, 0.15) is 11.0 Å². The van der Waals surface area contributed by atoms with Crippen LogP contribution in [-0.4, -0.2) is 9.97 Å². The summed E-state index contributed by atoms with van der Waals surface area (Å²) in [6, 6.07) is 10.2. The fourth-order valence-corrected chi connectivity index (χ4v) is 3.08. The minimum Gasteiger partial charge on any atom is -0.236 e. The quantitative estimate of drug-likeness (QED) is 0.434. The summed E-state index contributed by atoms with van der Waals surface area (Å²) in [5.41, 5.74) is 1.03. The van der Waals surface area contributed by atoms with Crippen LogP contribution in [0.15, 0.2) is 35.2 Å². The first-order chi connectivity index (χ1) is 8.70. The van der Waals surface area contributed by atoms with Gasteiger partial charge in [0.25, 0.3) is 0 Å². The average molecular weight is 391 g/mol. The van der Waals surface area contributed by atoms with Crippen LogP contribution in [-0.2, 0) is 12.2 Å². The summed E-state index contributed by atoms with van der Waals surface area (Å²) >= 11 is 10.0. The topological polar surface area (TPSA) is 25.8 Å². The molecule has 0 aliphatic heterocycles. The molecule has 0 fully saturated rings. The van der Waals surface area contributed by atoms with Gasteiger partial charge in [0.05, 0.1) is 15.0 Å². The lowest BCUT2D eigenvalue weighted by Crippen LogP contribution is -2.01. The molecule has 0 spiro atoms. The molecule has 0 aliphatic rings. The highest BCUT2D eigenvalue weighted by Gasteiger charge is 2.09. The van der Waals surface area contributed by atoms with E-state index in [2.05, 4.69) is 51.6 Å². The summed E-state index contributed by atoms with van der Waals surface area (Å²) in [6.45, 7) is 2.08. The van der Waals surface area contributed by atoms with Gasteiger partial charge in [0.2, 0.25) is 0 Å². The number of hydrogen-bond donors (Lipinski definition) is 0. The first-order valence-electron chi connectivity index (χ1n) is 5.59. The van der Waals surface area contributed by atoms with Crippen LogP contribution >= 0.6 is 46.0 Å². The number of halogens is 2. The third-order valence-corrected chi connectivity index (χ3v) is 5.11. The molecule has 1 heterocycles. The predicted octanol–water partition coefficient (Wildman–Crippen LogP) is 4.59. The minimum atomic E-state index is 0.561. The van der Waals surface area contributed by atoms with E-state index in [4.69, 9.17) is 11.6 Å². The van der Waals surface area contributed by atoms with Gasteiger partial charge in [-0.3, -0.25) is 0 Å². The van der Waals surface area contributed by atoms with Crippen molar-refractivity contribution in [3.63, 3.8) is 0 Å². The van der Waals surface area contributed by atoms with Gasteiger partial charge >= 0.3 is 0 Å². The van der Waals surface area contributed by atoms with E-state index in [1.54, 1.807) is 11.8 Å². The number of nitrogens with zero attached hydrogens (tertiary/aromatic N) is 2. The Hall–Kier alpha value is -0.330. The van der Waals surface area contributed by atoms with Gasteiger partial charge in [0, 0.05) is 4.90 Å². The van der Waals surface area contributed by atoms with Crippen LogP contribution in [0.25, 0.3) is 0 Å². The molecular weight excluding hydrogens is 379 g/mol. The zero-order valence-electron chi connectivity index (χ0n) is 9.86. The lowest BCUT2D eigenvalue weighted by atomic mass is 10.3. The van der Waals surface area contributed by atoms with Gasteiger partial charge in [-0.2, -0.15) is 0 Å². The zero-order chi connectivity index (χ0) is 13.0. The molecule has 1 aromatic carbocycles. The van der Waals surface area contributed by atoms with Crippen LogP contribution in [0.3, 0.4) is 0 Å². The van der Waals surface area contributed by atoms with Gasteiger partial charge in [-0.05, 0) is 41.1 Å². The van der Waals surface area contributed by atoms with Crippen molar-refractivity contribution >= 4 is 46.0 Å². The molecule has 0 amide bonds. The van der Waals surface area contributed by atoms with E-state index < -0.39 is 0 Å². The van der Waals surface area contributed by atoms with E-state index >= 15 is 0 Å². The predicted molar refractivity (Wildman–Crippen MR) is 85.1 cm³/mol. The molecule has 1 aromatic heterocycles. The van der Waals surface area contributed by atoms with E-state index in [0.717, 1.165) is 27.3 Å². The van der Waals surface area contributed by atoms with Crippen molar-refractivity contribution in [3.8, 4) is 0 Å². The summed E-state index contributed by atoms with van der Waals surface area (Å²) in [4.78, 5) is 10.1. The van der Waals surface area contributed by atoms with Crippen LogP contribution < -0.4 is 0 Å². The standard InChI is InChI=1S/C13H12ClIN2S/c1-2-10-12(15)13(14)17-11(16-10)8-18-9-6-4-3-5-7-9/h3-7H,2,8H2,1H3. The highest BCUT2D eigenvalue weighted by atomic mass is 127. The SMILES string of the molecule is CCc1nc(CSc2ccccc2)nc(Cl)c1I. The summed E-state index contributed by atoms with van der Waals surface area (Å²) in [5.74, 6) is 1.54. The third kappa shape index (κ3) is 3.59. The molecule has 18 heavy (non-hydrogen) atoms. The van der Waals surface area contributed by atoms with E-state index in [-0.39, 0.29) is 0 Å². The number of benzene rings is 1. The maximum atomic E-state index is 6.11. The third-order valence-electron chi connectivity index (χ3n) is 2.37. The van der Waals surface area contributed by atoms with Gasteiger partial charge in [-0.15, -0.1) is 11.8 Å². The van der Waals surface area contributed by atoms with E-state index in [9.17, 15) is 0 Å². The lowest BCUT2D eigenvalue weighted by Gasteiger charge is -2.06. The monoisotopic (exact) mass is 390 g/mol. The van der Waals surface area contributed by atoms with E-state index in [1.807, 2.05) is 18.2 Å². The largest absolute Gasteiger partial charge is 0.236 e. The van der Waals surface area contributed by atoms with Gasteiger partial charge in [0.15, 0.2) is 0 Å². The smallest absolute Gasteiger partial charge is 0.146 e. The van der Waals surface area contributed by atoms with Crippen LogP contribution in [0.4, 0.5) is 0 Å². The van der Waals surface area contributed by atoms with Crippen molar-refractivity contribution in [2.24, 2.45) is 0 Å². The highest BCUT2D eigenvalue weighted by molar-refractivity contribution is 14.1. The highest BCUT2D eigenvalue weighted by Crippen LogP contribution is 2.24. The normalized spacial score (nSPS) is 10.6. The van der Waals surface area contributed by atoms with Gasteiger partial charge in [-0.25, -0.2) is 9.97 Å². The number of hydrogen-bond acceptors (Lipinski definition) is 3. The molecule has 2 nitrogen and oxygen atoms in total. The number of rotatable bonds is 4. The van der Waals surface area contributed by atoms with E-state index in [1.165, 1.54) is 4.90 Å². The first kappa shape index (κ1) is 14.1. The Morgan fingerprint density at radius 3 is 2.61 bits per heavy atom. The number of thioether (sulfide) groups is 1. The molecule has 0 saturated carbocycles. The van der Waals surface area contributed by atoms with Crippen LogP contribution in [0.5, 0.6) is 0 Å². The molecule has 2 rings (SSSR count). The molecule has 0 unspecified atom stereocenters. The van der Waals surface area contributed by atoms with Crippen molar-refractivity contribution in [1.82, 2.24) is 9.97 Å². The van der Waals surface area contributed by atoms with Crippen LogP contribution in [0.1, 0.15) is 18.4 Å². The van der Waals surface area contributed by atoms with Crippen molar-refractivity contribution in [2.75, 3.05) is 0 Å². The number of aromatic nitrogens is 2. The van der Waals surface area contributed by atoms with Crippen LogP contribution in [0.2, 0.25) is 5.15 Å². The van der Waals surface area contributed by atoms with Gasteiger partial charge in [-0.1, -0.05) is 36.7 Å². The molecule has 0 atom stereocenters. The second kappa shape index (κ2) is 6.73. The maximum absolute atomic E-state index is 6.11. The summed E-state index contributed by atoms with van der Waals surface area (Å²) < 4.78 is 0.963. The molecule has 0 radical (unpaired) electrons. The summed E-state index contributed by atoms with van der Waals surface area (Å²) in [5, 5.41) is 0.561. The Morgan fingerprint density at radius 2 is 1.94 bits per heavy atom. The van der Waals surface area contributed by atoms with E-state index in [0.29, 0.717) is 5.15 Å². The second-order valence-corrected chi connectivity index (χ2v) is 6.13. The number of aryl methyl sites for hydroxylation is 1. The van der Waals surface area contributed by atoms with Gasteiger partial charge < -0.3 is 0 Å². The molecular formula is C13H12ClIN2S. The van der Waals surface area contributed by atoms with Crippen LogP contribution in [0, 0.1) is 3.57 Å². The fourth-order valence-electron chi connectivity index (χ4n) is 1.47. The van der Waals surface area contributed by atoms with Crippen molar-refractivity contribution in [1.29, 1.82) is 0 Å². The molecule has 0 saturated heterocycles. The molecule has 94 valence electrons. The fraction of sp³-hybridized carbons (Fsp3) is 0.231. The first-order valence-corrected chi connectivity index (χ1v) is 8.03. The summed E-state index contributed by atoms with van der Waals surface area (Å²) in [6.07, 6.45) is 0.878. The molecule has 0 bridgehead atoms. The maximum Gasteiger partial charge on any atom is 0.146 e. The Morgan fingerprint density at radius 1 is 1.22 bits per heavy atom. The molecule has 0 aliphatic carbocycles. The second-order valence-electron chi connectivity index (χ2n) is 3.65. The Labute approximate surface area is 130 Å². The molecule has 5 heteroatoms. The van der Waals surface area contributed by atoms with Crippen molar-refractivity contribution < 1.29 is 0 Å². The Balaban J connectivity index is 2.13. The minimum absolute atomic E-state index is 0.561. The summed E-state index contributed by atoms with van der Waals surface area (Å²) in [7, 11) is 0. The lowest BCUT2D eigenvalue weighted by molar-refractivity contribution is 0.927. The zero-order valence-corrected chi connectivity index (χ0v) is 13.6.